The van der Waals surface area contributed by atoms with E-state index < -0.39 is 5.69 Å². The molecule has 1 aromatic heterocycles. The van der Waals surface area contributed by atoms with Gasteiger partial charge >= 0.3 is 5.69 Å². The van der Waals surface area contributed by atoms with Crippen LogP contribution in [0.4, 0.5) is 0 Å². The van der Waals surface area contributed by atoms with Gasteiger partial charge in [0.2, 0.25) is 0 Å². The summed E-state index contributed by atoms with van der Waals surface area (Å²) in [7, 11) is 0. The normalized spacial score (nSPS) is 10.5. The van der Waals surface area contributed by atoms with E-state index in [1.54, 1.807) is 6.92 Å². The summed E-state index contributed by atoms with van der Waals surface area (Å²) in [5.41, 5.74) is 2.36. The molecule has 0 aliphatic carbocycles. The minimum Gasteiger partial charge on any atom is -0.307 e. The summed E-state index contributed by atoms with van der Waals surface area (Å²) in [4.78, 5) is 27.6. The summed E-state index contributed by atoms with van der Waals surface area (Å²) >= 11 is 0. The molecule has 0 atom stereocenters. The summed E-state index contributed by atoms with van der Waals surface area (Å²) in [6.07, 6.45) is 0.963. The molecule has 4 heteroatoms. The third kappa shape index (κ3) is 2.20. The molecule has 0 aliphatic heterocycles. The van der Waals surface area contributed by atoms with Gasteiger partial charge in [0.25, 0.3) is 5.56 Å². The number of rotatable bonds is 2. The van der Waals surface area contributed by atoms with E-state index in [9.17, 15) is 9.59 Å². The number of nitrogens with one attached hydrogen (secondary N) is 2. The highest BCUT2D eigenvalue weighted by Gasteiger charge is 2.06. The van der Waals surface area contributed by atoms with Crippen LogP contribution in [0.3, 0.4) is 0 Å². The van der Waals surface area contributed by atoms with Crippen LogP contribution >= 0.6 is 0 Å². The zero-order valence-electron chi connectivity index (χ0n) is 9.83. The molecule has 0 unspecified atom stereocenters. The monoisotopic (exact) mass is 230 g/mol. The number of hydrogen-bond donors (Lipinski definition) is 2. The Labute approximate surface area is 98.3 Å². The number of H-pyrrole nitrogens is 2. The molecule has 0 spiro atoms. The van der Waals surface area contributed by atoms with Crippen molar-refractivity contribution in [2.24, 2.45) is 0 Å². The van der Waals surface area contributed by atoms with Crippen molar-refractivity contribution in [3.05, 3.63) is 56.2 Å². The van der Waals surface area contributed by atoms with Gasteiger partial charge < -0.3 is 4.98 Å². The maximum absolute atomic E-state index is 11.5. The van der Waals surface area contributed by atoms with E-state index in [4.69, 9.17) is 0 Å². The lowest BCUT2D eigenvalue weighted by Crippen LogP contribution is -2.24. The van der Waals surface area contributed by atoms with E-state index in [0.29, 0.717) is 11.3 Å². The Morgan fingerprint density at radius 3 is 2.29 bits per heavy atom. The highest BCUT2D eigenvalue weighted by atomic mass is 16.2. The van der Waals surface area contributed by atoms with E-state index >= 15 is 0 Å². The fourth-order valence-electron chi connectivity index (χ4n) is 1.74. The molecule has 1 heterocycles. The van der Waals surface area contributed by atoms with Gasteiger partial charge in [0.05, 0.1) is 5.69 Å². The number of aromatic nitrogens is 2. The van der Waals surface area contributed by atoms with Crippen molar-refractivity contribution in [1.29, 1.82) is 0 Å². The summed E-state index contributed by atoms with van der Waals surface area (Å²) in [5, 5.41) is 0. The molecule has 2 rings (SSSR count). The van der Waals surface area contributed by atoms with Crippen LogP contribution in [0.5, 0.6) is 0 Å². The second-order valence-corrected chi connectivity index (χ2v) is 3.96. The van der Waals surface area contributed by atoms with Crippen molar-refractivity contribution in [1.82, 2.24) is 9.97 Å². The predicted octanol–water partition coefficient (Wildman–Crippen LogP) is 1.60. The lowest BCUT2D eigenvalue weighted by Gasteiger charge is -2.05. The SMILES string of the molecule is CCc1ccc(-c2[nH]c(=O)[nH]c(=O)c2C)cc1. The van der Waals surface area contributed by atoms with Gasteiger partial charge in [-0.3, -0.25) is 9.78 Å². The smallest absolute Gasteiger partial charge is 0.307 e. The van der Waals surface area contributed by atoms with Crippen LogP contribution in [0.15, 0.2) is 33.9 Å². The molecule has 88 valence electrons. The lowest BCUT2D eigenvalue weighted by atomic mass is 10.0. The van der Waals surface area contributed by atoms with Crippen LogP contribution in [-0.4, -0.2) is 9.97 Å². The molecule has 0 saturated heterocycles. The van der Waals surface area contributed by atoms with Crippen molar-refractivity contribution < 1.29 is 0 Å². The average molecular weight is 230 g/mol. The van der Waals surface area contributed by atoms with Gasteiger partial charge in [0.1, 0.15) is 0 Å². The highest BCUT2D eigenvalue weighted by Crippen LogP contribution is 2.18. The largest absolute Gasteiger partial charge is 0.326 e. The van der Waals surface area contributed by atoms with Crippen molar-refractivity contribution in [3.8, 4) is 11.3 Å². The molecule has 17 heavy (non-hydrogen) atoms. The fourth-order valence-corrected chi connectivity index (χ4v) is 1.74. The van der Waals surface area contributed by atoms with Crippen molar-refractivity contribution in [2.45, 2.75) is 20.3 Å². The van der Waals surface area contributed by atoms with Gasteiger partial charge in [0.15, 0.2) is 0 Å². The Hall–Kier alpha value is -2.10. The minimum atomic E-state index is -0.477. The zero-order chi connectivity index (χ0) is 12.4. The van der Waals surface area contributed by atoms with Gasteiger partial charge in [0, 0.05) is 5.56 Å². The van der Waals surface area contributed by atoms with Crippen LogP contribution in [0.2, 0.25) is 0 Å². The van der Waals surface area contributed by atoms with E-state index in [0.717, 1.165) is 12.0 Å². The quantitative estimate of drug-likeness (QED) is 0.823. The van der Waals surface area contributed by atoms with E-state index in [-0.39, 0.29) is 5.56 Å². The molecule has 0 aliphatic rings. The maximum Gasteiger partial charge on any atom is 0.326 e. The molecule has 0 radical (unpaired) electrons. The number of benzene rings is 1. The molecule has 2 aromatic rings. The van der Waals surface area contributed by atoms with Crippen molar-refractivity contribution in [2.75, 3.05) is 0 Å². The molecule has 0 bridgehead atoms. The Morgan fingerprint density at radius 2 is 1.71 bits per heavy atom. The van der Waals surface area contributed by atoms with Gasteiger partial charge in [-0.2, -0.15) is 0 Å². The number of aryl methyl sites for hydroxylation is 1. The van der Waals surface area contributed by atoms with Crippen LogP contribution in [0, 0.1) is 6.92 Å². The fraction of sp³-hybridized carbons (Fsp3) is 0.231. The Morgan fingerprint density at radius 1 is 1.06 bits per heavy atom. The molecular formula is C13H14N2O2. The van der Waals surface area contributed by atoms with E-state index in [1.807, 2.05) is 24.3 Å². The van der Waals surface area contributed by atoms with Gasteiger partial charge in [-0.1, -0.05) is 31.2 Å². The first kappa shape index (κ1) is 11.4. The Kier molecular flexibility index (Phi) is 2.95. The van der Waals surface area contributed by atoms with Crippen LogP contribution in [0.1, 0.15) is 18.1 Å². The topological polar surface area (TPSA) is 65.7 Å². The van der Waals surface area contributed by atoms with E-state index in [2.05, 4.69) is 16.9 Å². The predicted molar refractivity (Wildman–Crippen MR) is 67.2 cm³/mol. The standard InChI is InChI=1S/C13H14N2O2/c1-3-9-4-6-10(7-5-9)11-8(2)12(16)15-13(17)14-11/h4-7H,3H2,1-2H3,(H2,14,15,16,17). The van der Waals surface area contributed by atoms with E-state index in [1.165, 1.54) is 5.56 Å². The summed E-state index contributed by atoms with van der Waals surface area (Å²) in [6, 6.07) is 7.82. The molecule has 4 nitrogen and oxygen atoms in total. The molecule has 2 N–H and O–H groups in total. The molecule has 0 fully saturated rings. The third-order valence-corrected chi connectivity index (χ3v) is 2.83. The maximum atomic E-state index is 11.5. The third-order valence-electron chi connectivity index (χ3n) is 2.83. The van der Waals surface area contributed by atoms with Crippen LogP contribution in [0.25, 0.3) is 11.3 Å². The van der Waals surface area contributed by atoms with Gasteiger partial charge in [-0.15, -0.1) is 0 Å². The van der Waals surface area contributed by atoms with Crippen LogP contribution in [-0.2, 0) is 6.42 Å². The second-order valence-electron chi connectivity index (χ2n) is 3.96. The molecule has 1 aromatic carbocycles. The van der Waals surface area contributed by atoms with Gasteiger partial charge in [-0.25, -0.2) is 4.79 Å². The Balaban J connectivity index is 2.60. The zero-order valence-corrected chi connectivity index (χ0v) is 9.83. The van der Waals surface area contributed by atoms with Gasteiger partial charge in [-0.05, 0) is 24.5 Å². The first-order chi connectivity index (χ1) is 8.11. The second kappa shape index (κ2) is 4.41. The minimum absolute atomic E-state index is 0.344. The van der Waals surface area contributed by atoms with Crippen molar-refractivity contribution >= 4 is 0 Å². The average Bonchev–Trinajstić information content (AvgIpc) is 2.34. The molecular weight excluding hydrogens is 216 g/mol. The summed E-state index contributed by atoms with van der Waals surface area (Å²) < 4.78 is 0. The number of hydrogen-bond acceptors (Lipinski definition) is 2. The number of aromatic amines is 2. The molecule has 0 amide bonds. The Bertz CT molecular complexity index is 636. The van der Waals surface area contributed by atoms with Crippen LogP contribution < -0.4 is 11.2 Å². The lowest BCUT2D eigenvalue weighted by molar-refractivity contribution is 1.01. The first-order valence-electron chi connectivity index (χ1n) is 5.54. The summed E-state index contributed by atoms with van der Waals surface area (Å²) in [6.45, 7) is 3.77. The highest BCUT2D eigenvalue weighted by molar-refractivity contribution is 5.62. The van der Waals surface area contributed by atoms with Crippen molar-refractivity contribution in [3.63, 3.8) is 0 Å². The summed E-state index contributed by atoms with van der Waals surface area (Å²) in [5.74, 6) is 0. The first-order valence-corrected chi connectivity index (χ1v) is 5.54. The molecule has 0 saturated carbocycles.